The lowest BCUT2D eigenvalue weighted by Gasteiger charge is -2.08. The summed E-state index contributed by atoms with van der Waals surface area (Å²) in [5, 5.41) is 0.254. The molecule has 0 saturated carbocycles. The molecule has 0 bridgehead atoms. The van der Waals surface area contributed by atoms with Crippen molar-refractivity contribution < 1.29 is 22.3 Å². The van der Waals surface area contributed by atoms with Crippen molar-refractivity contribution in [2.75, 3.05) is 0 Å². The predicted molar refractivity (Wildman–Crippen MR) is 41.7 cm³/mol. The van der Waals surface area contributed by atoms with E-state index in [1.54, 1.807) is 0 Å². The summed E-state index contributed by atoms with van der Waals surface area (Å²) < 4.78 is 44.3. The van der Waals surface area contributed by atoms with Crippen LogP contribution in [-0.4, -0.2) is 6.36 Å². The molecule has 1 heterocycles. The molecule has 0 aliphatic rings. The topological polar surface area (TPSA) is 22.4 Å². The number of hydrogen-bond donors (Lipinski definition) is 0. The minimum absolute atomic E-state index is 0.254. The minimum atomic E-state index is -4.69. The van der Waals surface area contributed by atoms with Crippen LogP contribution in [0.3, 0.4) is 0 Å². The fourth-order valence-electron chi connectivity index (χ4n) is 1.12. The first-order valence-electron chi connectivity index (χ1n) is 3.70. The van der Waals surface area contributed by atoms with E-state index in [0.29, 0.717) is 5.58 Å². The maximum atomic E-state index is 11.9. The Kier molecular flexibility index (Phi) is 1.87. The molecular weight excluding hydrogens is 197 g/mol. The third kappa shape index (κ3) is 1.66. The van der Waals surface area contributed by atoms with Crippen molar-refractivity contribution in [2.24, 2.45) is 0 Å². The standard InChI is InChI=1S/C9H4F3O2/c10-9(11,12)14-8-3-1-2-7-6(8)4-5-13-7/h1-4H. The van der Waals surface area contributed by atoms with Gasteiger partial charge in [0.05, 0.1) is 5.39 Å². The van der Waals surface area contributed by atoms with Gasteiger partial charge in [-0.3, -0.25) is 0 Å². The highest BCUT2D eigenvalue weighted by Crippen LogP contribution is 2.30. The maximum absolute atomic E-state index is 11.9. The number of halogens is 3. The smallest absolute Gasteiger partial charge is 0.453 e. The summed E-state index contributed by atoms with van der Waals surface area (Å²) in [5.74, 6) is -0.278. The van der Waals surface area contributed by atoms with Crippen LogP contribution in [0.1, 0.15) is 0 Å². The SMILES string of the molecule is FC(F)(F)Oc1cccc2o[c]cc12. The van der Waals surface area contributed by atoms with Crippen LogP contribution >= 0.6 is 0 Å². The number of fused-ring (bicyclic) bond motifs is 1. The second-order valence-electron chi connectivity index (χ2n) is 2.58. The van der Waals surface area contributed by atoms with Crippen LogP contribution in [0.25, 0.3) is 11.0 Å². The number of alkyl halides is 3. The van der Waals surface area contributed by atoms with Crippen molar-refractivity contribution in [1.29, 1.82) is 0 Å². The zero-order chi connectivity index (χ0) is 10.2. The largest absolute Gasteiger partial charge is 0.573 e. The number of benzene rings is 1. The van der Waals surface area contributed by atoms with Crippen LogP contribution in [0.5, 0.6) is 5.75 Å². The normalized spacial score (nSPS) is 11.9. The van der Waals surface area contributed by atoms with Crippen molar-refractivity contribution in [3.63, 3.8) is 0 Å². The molecular formula is C9H4F3O2. The Morgan fingerprint density at radius 3 is 2.79 bits per heavy atom. The van der Waals surface area contributed by atoms with Gasteiger partial charge in [-0.1, -0.05) is 6.07 Å². The van der Waals surface area contributed by atoms with Gasteiger partial charge in [-0.2, -0.15) is 0 Å². The quantitative estimate of drug-likeness (QED) is 0.707. The Hall–Kier alpha value is -1.65. The molecule has 0 fully saturated rings. The van der Waals surface area contributed by atoms with Gasteiger partial charge >= 0.3 is 6.36 Å². The summed E-state index contributed by atoms with van der Waals surface area (Å²) in [6, 6.07) is 5.48. The molecule has 0 atom stereocenters. The fraction of sp³-hybridized carbons (Fsp3) is 0.111. The zero-order valence-corrected chi connectivity index (χ0v) is 6.76. The van der Waals surface area contributed by atoms with Gasteiger partial charge in [0.25, 0.3) is 0 Å². The molecule has 1 aromatic heterocycles. The van der Waals surface area contributed by atoms with Crippen LogP contribution in [0, 0.1) is 6.26 Å². The number of rotatable bonds is 1. The molecule has 0 amide bonds. The van der Waals surface area contributed by atoms with Crippen molar-refractivity contribution in [1.82, 2.24) is 0 Å². The molecule has 0 N–H and O–H groups in total. The number of ether oxygens (including phenoxy) is 1. The lowest BCUT2D eigenvalue weighted by molar-refractivity contribution is -0.274. The molecule has 0 aliphatic carbocycles. The summed E-state index contributed by atoms with van der Waals surface area (Å²) in [7, 11) is 0. The first-order valence-corrected chi connectivity index (χ1v) is 3.70. The molecule has 14 heavy (non-hydrogen) atoms. The molecule has 2 rings (SSSR count). The minimum Gasteiger partial charge on any atom is -0.453 e. The zero-order valence-electron chi connectivity index (χ0n) is 6.76. The second-order valence-corrected chi connectivity index (χ2v) is 2.58. The third-order valence-electron chi connectivity index (χ3n) is 1.62. The van der Waals surface area contributed by atoms with Crippen molar-refractivity contribution in [3.05, 3.63) is 30.5 Å². The van der Waals surface area contributed by atoms with Gasteiger partial charge in [0.2, 0.25) is 0 Å². The van der Waals surface area contributed by atoms with Gasteiger partial charge in [0, 0.05) is 0 Å². The summed E-state index contributed by atoms with van der Waals surface area (Å²) in [5.41, 5.74) is 0.312. The predicted octanol–water partition coefficient (Wildman–Crippen LogP) is 3.13. The number of furan rings is 1. The van der Waals surface area contributed by atoms with Gasteiger partial charge < -0.3 is 9.15 Å². The molecule has 0 aliphatic heterocycles. The lowest BCUT2D eigenvalue weighted by atomic mass is 10.2. The molecule has 2 aromatic rings. The van der Waals surface area contributed by atoms with Crippen LogP contribution in [0.2, 0.25) is 0 Å². The Balaban J connectivity index is 2.46. The van der Waals surface area contributed by atoms with Gasteiger partial charge in [-0.15, -0.1) is 13.2 Å². The fourth-order valence-corrected chi connectivity index (χ4v) is 1.12. The van der Waals surface area contributed by atoms with Gasteiger partial charge in [-0.25, -0.2) is 0 Å². The van der Waals surface area contributed by atoms with E-state index in [1.807, 2.05) is 0 Å². The van der Waals surface area contributed by atoms with E-state index in [2.05, 4.69) is 11.0 Å². The van der Waals surface area contributed by atoms with Crippen LogP contribution in [0.4, 0.5) is 13.2 Å². The van der Waals surface area contributed by atoms with E-state index in [0.717, 1.165) is 0 Å². The van der Waals surface area contributed by atoms with Crippen LogP contribution in [0.15, 0.2) is 28.7 Å². The summed E-state index contributed by atoms with van der Waals surface area (Å²) in [6.45, 7) is 0. The average molecular weight is 201 g/mol. The van der Waals surface area contributed by atoms with E-state index in [1.165, 1.54) is 24.3 Å². The van der Waals surface area contributed by atoms with Crippen molar-refractivity contribution >= 4 is 11.0 Å². The molecule has 5 heteroatoms. The second kappa shape index (κ2) is 2.94. The first-order chi connectivity index (χ1) is 6.56. The lowest BCUT2D eigenvalue weighted by Crippen LogP contribution is -2.17. The molecule has 1 aromatic carbocycles. The molecule has 1 radical (unpaired) electrons. The Morgan fingerprint density at radius 2 is 2.07 bits per heavy atom. The molecule has 0 saturated heterocycles. The van der Waals surface area contributed by atoms with Crippen LogP contribution < -0.4 is 4.74 Å². The van der Waals surface area contributed by atoms with Crippen molar-refractivity contribution in [3.8, 4) is 5.75 Å². The van der Waals surface area contributed by atoms with E-state index < -0.39 is 6.36 Å². The molecule has 73 valence electrons. The van der Waals surface area contributed by atoms with E-state index in [4.69, 9.17) is 4.42 Å². The Labute approximate surface area is 76.9 Å². The maximum Gasteiger partial charge on any atom is 0.573 e. The van der Waals surface area contributed by atoms with E-state index in [9.17, 15) is 13.2 Å². The van der Waals surface area contributed by atoms with Gasteiger partial charge in [0.15, 0.2) is 6.26 Å². The van der Waals surface area contributed by atoms with Gasteiger partial charge in [0.1, 0.15) is 11.3 Å². The Bertz CT molecular complexity index is 444. The third-order valence-corrected chi connectivity index (χ3v) is 1.62. The first kappa shape index (κ1) is 8.93. The number of hydrogen-bond acceptors (Lipinski definition) is 2. The highest BCUT2D eigenvalue weighted by Gasteiger charge is 2.31. The highest BCUT2D eigenvalue weighted by atomic mass is 19.4. The molecule has 0 spiro atoms. The van der Waals surface area contributed by atoms with E-state index in [-0.39, 0.29) is 11.1 Å². The molecule has 0 unspecified atom stereocenters. The van der Waals surface area contributed by atoms with Gasteiger partial charge in [-0.05, 0) is 18.2 Å². The average Bonchev–Trinajstić information content (AvgIpc) is 2.49. The summed E-state index contributed by atoms with van der Waals surface area (Å²) in [6.07, 6.45) is -2.35. The van der Waals surface area contributed by atoms with Crippen molar-refractivity contribution in [2.45, 2.75) is 6.36 Å². The highest BCUT2D eigenvalue weighted by molar-refractivity contribution is 5.83. The Morgan fingerprint density at radius 1 is 1.29 bits per heavy atom. The molecule has 2 nitrogen and oxygen atoms in total. The summed E-state index contributed by atoms with van der Waals surface area (Å²) >= 11 is 0. The van der Waals surface area contributed by atoms with E-state index >= 15 is 0 Å². The summed E-state index contributed by atoms with van der Waals surface area (Å²) in [4.78, 5) is 0. The monoisotopic (exact) mass is 201 g/mol. The van der Waals surface area contributed by atoms with Crippen LogP contribution in [-0.2, 0) is 0 Å².